The molecule has 0 bridgehead atoms. The van der Waals surface area contributed by atoms with Gasteiger partial charge in [0.1, 0.15) is 11.6 Å². The third kappa shape index (κ3) is 3.42. The van der Waals surface area contributed by atoms with Gasteiger partial charge in [0.2, 0.25) is 0 Å². The summed E-state index contributed by atoms with van der Waals surface area (Å²) in [6, 6.07) is 3.48. The molecule has 0 saturated carbocycles. The molecule has 108 valence electrons. The Morgan fingerprint density at radius 3 is 2.45 bits per heavy atom. The number of nitrogens with two attached hydrogens (primary N) is 1. The minimum absolute atomic E-state index is 0.0956. The third-order valence-corrected chi connectivity index (χ3v) is 3.37. The molecule has 1 heterocycles. The number of hydrogen-bond acceptors (Lipinski definition) is 2. The molecule has 0 spiro atoms. The first kappa shape index (κ1) is 14.7. The number of halogens is 2. The van der Waals surface area contributed by atoms with E-state index in [1.807, 2.05) is 18.4 Å². The summed E-state index contributed by atoms with van der Waals surface area (Å²) in [7, 11) is 0. The smallest absolute Gasteiger partial charge is 0.126 e. The molecule has 0 amide bonds. The van der Waals surface area contributed by atoms with E-state index < -0.39 is 11.6 Å². The Hall–Kier alpha value is -1.75. The molecule has 1 aromatic heterocycles. The van der Waals surface area contributed by atoms with Crippen LogP contribution in [0.2, 0.25) is 0 Å². The van der Waals surface area contributed by atoms with Crippen molar-refractivity contribution < 1.29 is 8.78 Å². The predicted octanol–water partition coefficient (Wildman–Crippen LogP) is 3.06. The van der Waals surface area contributed by atoms with Crippen LogP contribution < -0.4 is 5.73 Å². The lowest BCUT2D eigenvalue weighted by Crippen LogP contribution is -2.20. The summed E-state index contributed by atoms with van der Waals surface area (Å²) in [5.74, 6) is -0.800. The van der Waals surface area contributed by atoms with Crippen LogP contribution in [0.5, 0.6) is 0 Å². The predicted molar refractivity (Wildman–Crippen MR) is 74.1 cm³/mol. The lowest BCUT2D eigenvalue weighted by molar-refractivity contribution is 0.477. The highest BCUT2D eigenvalue weighted by atomic mass is 19.1. The van der Waals surface area contributed by atoms with Crippen molar-refractivity contribution in [1.82, 2.24) is 9.55 Å². The molecular weight excluding hydrogens is 260 g/mol. The van der Waals surface area contributed by atoms with Crippen molar-refractivity contribution in [3.63, 3.8) is 0 Å². The maximum absolute atomic E-state index is 13.1. The van der Waals surface area contributed by atoms with Crippen molar-refractivity contribution in [2.45, 2.75) is 32.9 Å². The summed E-state index contributed by atoms with van der Waals surface area (Å²) in [5, 5.41) is 0. The Bertz CT molecular complexity index is 558. The van der Waals surface area contributed by atoms with Gasteiger partial charge in [-0.3, -0.25) is 0 Å². The van der Waals surface area contributed by atoms with E-state index in [1.54, 1.807) is 12.5 Å². The van der Waals surface area contributed by atoms with E-state index in [0.29, 0.717) is 24.4 Å². The number of imidazole rings is 1. The lowest BCUT2D eigenvalue weighted by Gasteiger charge is -2.17. The van der Waals surface area contributed by atoms with Gasteiger partial charge in [-0.05, 0) is 30.0 Å². The lowest BCUT2D eigenvalue weighted by atomic mass is 10.0. The first-order valence-electron chi connectivity index (χ1n) is 6.68. The standard InChI is InChI=1S/C15H19F2N3/c1-10(2)15(18)14-8-19-9-20(14)4-3-11-5-12(16)7-13(17)6-11/h5-10,15H,3-4,18H2,1-2H3. The number of aryl methyl sites for hydroxylation is 2. The van der Waals surface area contributed by atoms with Crippen LogP contribution in [0.4, 0.5) is 8.78 Å². The highest BCUT2D eigenvalue weighted by Gasteiger charge is 2.15. The Morgan fingerprint density at radius 1 is 1.20 bits per heavy atom. The van der Waals surface area contributed by atoms with Crippen LogP contribution in [0.15, 0.2) is 30.7 Å². The van der Waals surface area contributed by atoms with E-state index >= 15 is 0 Å². The first-order chi connectivity index (χ1) is 9.47. The monoisotopic (exact) mass is 279 g/mol. The topological polar surface area (TPSA) is 43.8 Å². The van der Waals surface area contributed by atoms with E-state index in [0.717, 1.165) is 11.8 Å². The Balaban J connectivity index is 2.10. The molecule has 0 radical (unpaired) electrons. The molecule has 0 saturated heterocycles. The van der Waals surface area contributed by atoms with Crippen LogP contribution >= 0.6 is 0 Å². The van der Waals surface area contributed by atoms with Crippen LogP contribution in [-0.2, 0) is 13.0 Å². The molecule has 3 nitrogen and oxygen atoms in total. The van der Waals surface area contributed by atoms with Crippen LogP contribution in [0.25, 0.3) is 0 Å². The molecule has 20 heavy (non-hydrogen) atoms. The largest absolute Gasteiger partial charge is 0.333 e. The number of benzene rings is 1. The van der Waals surface area contributed by atoms with Crippen LogP contribution in [0.3, 0.4) is 0 Å². The molecule has 1 unspecified atom stereocenters. The van der Waals surface area contributed by atoms with Gasteiger partial charge in [-0.25, -0.2) is 13.8 Å². The van der Waals surface area contributed by atoms with E-state index in [2.05, 4.69) is 4.98 Å². The fourth-order valence-corrected chi connectivity index (χ4v) is 2.14. The molecule has 5 heteroatoms. The van der Waals surface area contributed by atoms with Crippen molar-refractivity contribution in [3.8, 4) is 0 Å². The minimum atomic E-state index is -0.551. The molecule has 2 rings (SSSR count). The van der Waals surface area contributed by atoms with E-state index in [-0.39, 0.29) is 6.04 Å². The van der Waals surface area contributed by atoms with Crippen molar-refractivity contribution in [3.05, 3.63) is 53.6 Å². The van der Waals surface area contributed by atoms with Gasteiger partial charge in [-0.15, -0.1) is 0 Å². The summed E-state index contributed by atoms with van der Waals surface area (Å²) in [6.45, 7) is 4.69. The number of aromatic nitrogens is 2. The first-order valence-corrected chi connectivity index (χ1v) is 6.68. The van der Waals surface area contributed by atoms with Gasteiger partial charge in [0.15, 0.2) is 0 Å². The summed E-state index contributed by atoms with van der Waals surface area (Å²) in [6.07, 6.45) is 3.98. The van der Waals surface area contributed by atoms with E-state index in [1.165, 1.54) is 12.1 Å². The van der Waals surface area contributed by atoms with E-state index in [9.17, 15) is 8.78 Å². The summed E-state index contributed by atoms with van der Waals surface area (Å²) in [5.41, 5.74) is 7.69. The molecule has 1 aromatic carbocycles. The summed E-state index contributed by atoms with van der Waals surface area (Å²) < 4.78 is 28.2. The van der Waals surface area contributed by atoms with Crippen molar-refractivity contribution >= 4 is 0 Å². The maximum atomic E-state index is 13.1. The number of nitrogens with zero attached hydrogens (tertiary/aromatic N) is 2. The highest BCUT2D eigenvalue weighted by Crippen LogP contribution is 2.19. The normalized spacial score (nSPS) is 12.9. The summed E-state index contributed by atoms with van der Waals surface area (Å²) >= 11 is 0. The number of rotatable bonds is 5. The minimum Gasteiger partial charge on any atom is -0.333 e. The van der Waals surface area contributed by atoms with Gasteiger partial charge >= 0.3 is 0 Å². The summed E-state index contributed by atoms with van der Waals surface area (Å²) in [4.78, 5) is 4.11. The quantitative estimate of drug-likeness (QED) is 0.914. The number of hydrogen-bond donors (Lipinski definition) is 1. The van der Waals surface area contributed by atoms with Gasteiger partial charge in [0, 0.05) is 24.8 Å². The molecule has 1 atom stereocenters. The van der Waals surface area contributed by atoms with Gasteiger partial charge in [-0.2, -0.15) is 0 Å². The Morgan fingerprint density at radius 2 is 1.85 bits per heavy atom. The van der Waals surface area contributed by atoms with Gasteiger partial charge in [-0.1, -0.05) is 13.8 Å². The van der Waals surface area contributed by atoms with Gasteiger partial charge in [0.25, 0.3) is 0 Å². The van der Waals surface area contributed by atoms with Crippen molar-refractivity contribution in [2.24, 2.45) is 11.7 Å². The van der Waals surface area contributed by atoms with Crippen molar-refractivity contribution in [2.75, 3.05) is 0 Å². The van der Waals surface area contributed by atoms with Gasteiger partial charge in [0.05, 0.1) is 12.0 Å². The molecule has 0 aliphatic carbocycles. The fourth-order valence-electron chi connectivity index (χ4n) is 2.14. The fraction of sp³-hybridized carbons (Fsp3) is 0.400. The van der Waals surface area contributed by atoms with Crippen LogP contribution in [-0.4, -0.2) is 9.55 Å². The van der Waals surface area contributed by atoms with Crippen LogP contribution in [0, 0.1) is 17.6 Å². The second-order valence-electron chi connectivity index (χ2n) is 5.31. The average molecular weight is 279 g/mol. The Labute approximate surface area is 117 Å². The zero-order valence-electron chi connectivity index (χ0n) is 11.7. The average Bonchev–Trinajstić information content (AvgIpc) is 2.82. The van der Waals surface area contributed by atoms with Crippen molar-refractivity contribution in [1.29, 1.82) is 0 Å². The molecule has 0 aliphatic heterocycles. The zero-order valence-corrected chi connectivity index (χ0v) is 11.7. The molecule has 0 fully saturated rings. The molecular formula is C15H19F2N3. The van der Waals surface area contributed by atoms with E-state index in [4.69, 9.17) is 5.73 Å². The molecule has 2 N–H and O–H groups in total. The Kier molecular flexibility index (Phi) is 4.49. The molecule has 2 aromatic rings. The van der Waals surface area contributed by atoms with Gasteiger partial charge < -0.3 is 10.3 Å². The third-order valence-electron chi connectivity index (χ3n) is 3.37. The second-order valence-corrected chi connectivity index (χ2v) is 5.31. The zero-order chi connectivity index (χ0) is 14.7. The second kappa shape index (κ2) is 6.13. The maximum Gasteiger partial charge on any atom is 0.126 e. The SMILES string of the molecule is CC(C)C(N)c1cncn1CCc1cc(F)cc(F)c1. The molecule has 0 aliphatic rings. The highest BCUT2D eigenvalue weighted by molar-refractivity contribution is 5.18. The van der Waals surface area contributed by atoms with Crippen LogP contribution in [0.1, 0.15) is 31.1 Å².